The van der Waals surface area contributed by atoms with Gasteiger partial charge in [0.1, 0.15) is 0 Å². The van der Waals surface area contributed by atoms with E-state index in [0.29, 0.717) is 0 Å². The molecule has 0 rings (SSSR count). The molecule has 0 unspecified atom stereocenters. The smallest absolute Gasteiger partial charge is 0.000556 e. The Morgan fingerprint density at radius 3 is 2.67 bits per heavy atom. The molecule has 0 spiro atoms. The fourth-order valence-corrected chi connectivity index (χ4v) is 0.548. The van der Waals surface area contributed by atoms with E-state index in [1.54, 1.807) is 0 Å². The van der Waals surface area contributed by atoms with Gasteiger partial charge in [0.15, 0.2) is 0 Å². The molecule has 0 aliphatic heterocycles. The molecule has 1 nitrogen and oxygen atoms in total. The minimum absolute atomic E-state index is 1.21. The van der Waals surface area contributed by atoms with Crippen LogP contribution in [-0.4, -0.2) is 19.1 Å². The third-order valence-electron chi connectivity index (χ3n) is 0.403. The van der Waals surface area contributed by atoms with Gasteiger partial charge in [-0.1, -0.05) is 15.1 Å². The van der Waals surface area contributed by atoms with E-state index in [4.69, 9.17) is 0 Å². The van der Waals surface area contributed by atoms with Crippen LogP contribution in [0.1, 0.15) is 6.92 Å². The minimum Gasteiger partial charge on any atom is -0.294 e. The Hall–Kier alpha value is 0.130. The summed E-state index contributed by atoms with van der Waals surface area (Å²) in [5.41, 5.74) is 0. The van der Waals surface area contributed by atoms with E-state index in [2.05, 4.69) is 12.2 Å². The number of hydrogen-bond acceptors (Lipinski definition) is 0. The topological polar surface area (TPSA) is 12.0 Å². The van der Waals surface area contributed by atoms with E-state index in [9.17, 15) is 0 Å². The van der Waals surface area contributed by atoms with E-state index in [-0.39, 0.29) is 0 Å². The zero-order valence-electron chi connectivity index (χ0n) is 4.23. The van der Waals surface area contributed by atoms with Gasteiger partial charge in [-0.15, -0.1) is 0 Å². The highest BCUT2D eigenvalue weighted by Gasteiger charge is 1.58. The molecule has 0 amide bonds. The van der Waals surface area contributed by atoms with Crippen LogP contribution in [0.25, 0.3) is 0 Å². The summed E-state index contributed by atoms with van der Waals surface area (Å²) in [5.74, 6) is 2.03. The number of nitrogens with one attached hydrogen (secondary N) is 1. The zero-order valence-corrected chi connectivity index (χ0v) is 5.13. The summed E-state index contributed by atoms with van der Waals surface area (Å²) in [4.78, 5) is 0. The van der Waals surface area contributed by atoms with Gasteiger partial charge in [-0.3, -0.25) is 5.32 Å². The summed E-state index contributed by atoms with van der Waals surface area (Å²) in [7, 11) is 3.29. The standard InChI is InChI=1S/C4H10NP/c1-3-6-4-5-2/h4-5H,3H2,1-2H3. The maximum absolute atomic E-state index is 2.93. The van der Waals surface area contributed by atoms with E-state index in [1.165, 1.54) is 14.4 Å². The number of hydrogen-bond donors (Lipinski definition) is 1. The molecule has 0 atom stereocenters. The van der Waals surface area contributed by atoms with Crippen molar-refractivity contribution < 1.29 is 0 Å². The summed E-state index contributed by atoms with van der Waals surface area (Å²) in [6, 6.07) is 0. The lowest BCUT2D eigenvalue weighted by atomic mass is 11.0. The largest absolute Gasteiger partial charge is 0.294 e. The quantitative estimate of drug-likeness (QED) is 0.513. The molecule has 6 heavy (non-hydrogen) atoms. The number of rotatable bonds is 2. The molecule has 0 aliphatic rings. The Bertz CT molecular complexity index is 36.8. The van der Waals surface area contributed by atoms with Crippen LogP contribution in [0.2, 0.25) is 0 Å². The molecular formula is C4H10NP. The Kier molecular flexibility index (Phi) is 5.24. The highest BCUT2D eigenvalue weighted by molar-refractivity contribution is 7.38. The normalized spacial score (nSPS) is 10.3. The molecule has 0 aromatic carbocycles. The van der Waals surface area contributed by atoms with Crippen LogP contribution >= 0.6 is 8.20 Å². The summed E-state index contributed by atoms with van der Waals surface area (Å²) in [6.45, 7) is 2.15. The molecular weight excluding hydrogens is 93.0 g/mol. The SMILES string of the molecule is CCP=CNC. The minimum atomic E-state index is 1.21. The molecule has 0 fully saturated rings. The summed E-state index contributed by atoms with van der Waals surface area (Å²) in [5, 5.41) is 2.93. The molecule has 1 N–H and O–H groups in total. The van der Waals surface area contributed by atoms with E-state index in [1.807, 2.05) is 13.0 Å². The van der Waals surface area contributed by atoms with Crippen molar-refractivity contribution >= 4 is 14.1 Å². The molecule has 0 radical (unpaired) electrons. The lowest BCUT2D eigenvalue weighted by molar-refractivity contribution is 1.24. The average molecular weight is 103 g/mol. The van der Waals surface area contributed by atoms with Crippen molar-refractivity contribution in [1.29, 1.82) is 0 Å². The third-order valence-corrected chi connectivity index (χ3v) is 1.21. The fourth-order valence-electron chi connectivity index (χ4n) is 0.183. The molecule has 0 bridgehead atoms. The highest BCUT2D eigenvalue weighted by Crippen LogP contribution is 1.85. The van der Waals surface area contributed by atoms with Crippen LogP contribution in [-0.2, 0) is 0 Å². The molecule has 0 aliphatic carbocycles. The van der Waals surface area contributed by atoms with Gasteiger partial charge >= 0.3 is 0 Å². The van der Waals surface area contributed by atoms with Crippen molar-refractivity contribution in [2.24, 2.45) is 0 Å². The molecule has 36 valence electrons. The van der Waals surface area contributed by atoms with Gasteiger partial charge in [-0.2, -0.15) is 0 Å². The van der Waals surface area contributed by atoms with Crippen molar-refractivity contribution in [2.75, 3.05) is 13.2 Å². The first-order valence-electron chi connectivity index (χ1n) is 2.07. The maximum Gasteiger partial charge on any atom is 0.000556 e. The predicted octanol–water partition coefficient (Wildman–Crippen LogP) is 0.932. The van der Waals surface area contributed by atoms with Gasteiger partial charge in [0, 0.05) is 5.92 Å². The monoisotopic (exact) mass is 103 g/mol. The maximum atomic E-state index is 2.93. The lowest BCUT2D eigenvalue weighted by Crippen LogP contribution is -1.97. The molecule has 0 aromatic heterocycles. The van der Waals surface area contributed by atoms with Crippen molar-refractivity contribution in [3.05, 3.63) is 0 Å². The Morgan fingerprint density at radius 1 is 1.83 bits per heavy atom. The van der Waals surface area contributed by atoms with Crippen LogP contribution in [0.4, 0.5) is 0 Å². The summed E-state index contributed by atoms with van der Waals surface area (Å²) < 4.78 is 0. The molecule has 0 heterocycles. The van der Waals surface area contributed by atoms with Crippen LogP contribution in [0.15, 0.2) is 0 Å². The van der Waals surface area contributed by atoms with Crippen LogP contribution in [0, 0.1) is 0 Å². The van der Waals surface area contributed by atoms with E-state index in [0.717, 1.165) is 0 Å². The summed E-state index contributed by atoms with van der Waals surface area (Å²) in [6.07, 6.45) is 1.21. The second-order valence-electron chi connectivity index (χ2n) is 0.917. The van der Waals surface area contributed by atoms with Gasteiger partial charge in [0.2, 0.25) is 0 Å². The zero-order chi connectivity index (χ0) is 4.83. The average Bonchev–Trinajstić information content (AvgIpc) is 1.61. The Balaban J connectivity index is 2.73. The fraction of sp³-hybridized carbons (Fsp3) is 0.750. The third kappa shape index (κ3) is 4.13. The van der Waals surface area contributed by atoms with E-state index >= 15 is 0 Å². The first kappa shape index (κ1) is 6.13. The lowest BCUT2D eigenvalue weighted by Gasteiger charge is -1.75. The molecule has 0 saturated heterocycles. The first-order chi connectivity index (χ1) is 2.91. The first-order valence-corrected chi connectivity index (χ1v) is 3.22. The van der Waals surface area contributed by atoms with Gasteiger partial charge in [-0.05, 0) is 13.2 Å². The van der Waals surface area contributed by atoms with Crippen molar-refractivity contribution in [3.8, 4) is 0 Å². The summed E-state index contributed by atoms with van der Waals surface area (Å²) >= 11 is 0. The second kappa shape index (κ2) is 5.13. The van der Waals surface area contributed by atoms with Crippen molar-refractivity contribution in [3.63, 3.8) is 0 Å². The highest BCUT2D eigenvalue weighted by atomic mass is 31.1. The molecule has 0 aromatic rings. The molecule has 0 saturated carbocycles. The Labute approximate surface area is 40.6 Å². The van der Waals surface area contributed by atoms with E-state index < -0.39 is 0 Å². The van der Waals surface area contributed by atoms with Gasteiger partial charge < -0.3 is 0 Å². The van der Waals surface area contributed by atoms with Crippen LogP contribution in [0.5, 0.6) is 0 Å². The molecule has 2 heteroatoms. The second-order valence-corrected chi connectivity index (χ2v) is 2.17. The van der Waals surface area contributed by atoms with Gasteiger partial charge in [0.05, 0.1) is 0 Å². The van der Waals surface area contributed by atoms with Crippen LogP contribution < -0.4 is 5.32 Å². The van der Waals surface area contributed by atoms with Crippen LogP contribution in [0.3, 0.4) is 0 Å². The Morgan fingerprint density at radius 2 is 2.50 bits per heavy atom. The van der Waals surface area contributed by atoms with Gasteiger partial charge in [0.25, 0.3) is 0 Å². The predicted molar refractivity (Wildman–Crippen MR) is 32.6 cm³/mol. The van der Waals surface area contributed by atoms with Gasteiger partial charge in [-0.25, -0.2) is 0 Å². The van der Waals surface area contributed by atoms with Crippen molar-refractivity contribution in [2.45, 2.75) is 6.92 Å². The van der Waals surface area contributed by atoms with Crippen molar-refractivity contribution in [1.82, 2.24) is 5.32 Å².